The van der Waals surface area contributed by atoms with E-state index in [1.54, 1.807) is 17.0 Å². The Bertz CT molecular complexity index is 1050. The molecule has 0 saturated carbocycles. The summed E-state index contributed by atoms with van der Waals surface area (Å²) in [6.07, 6.45) is 1.61. The fourth-order valence-corrected chi connectivity index (χ4v) is 5.05. The van der Waals surface area contributed by atoms with Crippen molar-refractivity contribution in [2.75, 3.05) is 23.3 Å². The second-order valence-electron chi connectivity index (χ2n) is 6.79. The van der Waals surface area contributed by atoms with Crippen LogP contribution in [0.5, 0.6) is 5.75 Å². The van der Waals surface area contributed by atoms with Gasteiger partial charge in [-0.05, 0) is 61.2 Å². The zero-order valence-corrected chi connectivity index (χ0v) is 15.8. The number of carbonyl (C=O) groups is 1. The van der Waals surface area contributed by atoms with Crippen molar-refractivity contribution in [3.8, 4) is 5.75 Å². The third kappa shape index (κ3) is 2.84. The van der Waals surface area contributed by atoms with E-state index in [2.05, 4.69) is 4.72 Å². The molecule has 1 N–H and O–H groups in total. The third-order valence-corrected chi connectivity index (χ3v) is 6.49. The van der Waals surface area contributed by atoms with Gasteiger partial charge in [0, 0.05) is 12.2 Å². The topological polar surface area (TPSA) is 75.7 Å². The zero-order chi connectivity index (χ0) is 19.3. The van der Waals surface area contributed by atoms with Crippen LogP contribution < -0.4 is 14.4 Å². The minimum absolute atomic E-state index is 0.0396. The number of sulfonamides is 1. The first-order chi connectivity index (χ1) is 12.8. The second kappa shape index (κ2) is 6.23. The van der Waals surface area contributed by atoms with Crippen LogP contribution in [0.15, 0.2) is 35.2 Å². The normalized spacial score (nSPS) is 18.4. The first kappa shape index (κ1) is 17.8. The summed E-state index contributed by atoms with van der Waals surface area (Å²) in [7, 11) is -2.73. The van der Waals surface area contributed by atoms with Crippen LogP contribution in [-0.4, -0.2) is 28.0 Å². The molecule has 2 aromatic carbocycles. The molecule has 2 aliphatic rings. The minimum atomic E-state index is -4.06. The number of hydrogen-bond acceptors (Lipinski definition) is 4. The fourth-order valence-electron chi connectivity index (χ4n) is 3.83. The molecule has 0 spiro atoms. The van der Waals surface area contributed by atoms with Crippen molar-refractivity contribution in [3.05, 3.63) is 47.3 Å². The fraction of sp³-hybridized carbons (Fsp3) is 0.316. The molecule has 27 heavy (non-hydrogen) atoms. The van der Waals surface area contributed by atoms with Crippen molar-refractivity contribution in [3.63, 3.8) is 0 Å². The summed E-state index contributed by atoms with van der Waals surface area (Å²) in [6, 6.07) is 6.77. The predicted octanol–water partition coefficient (Wildman–Crippen LogP) is 3.03. The summed E-state index contributed by atoms with van der Waals surface area (Å²) in [4.78, 5) is 14.0. The van der Waals surface area contributed by atoms with Gasteiger partial charge in [-0.15, -0.1) is 0 Å². The first-order valence-electron chi connectivity index (χ1n) is 8.66. The molecule has 0 aromatic heterocycles. The highest BCUT2D eigenvalue weighted by atomic mass is 32.2. The maximum absolute atomic E-state index is 13.6. The Labute approximate surface area is 157 Å². The summed E-state index contributed by atoms with van der Waals surface area (Å²) in [5.74, 6) is -0.890. The van der Waals surface area contributed by atoms with E-state index in [1.165, 1.54) is 13.2 Å². The Balaban J connectivity index is 1.76. The molecule has 0 radical (unpaired) electrons. The summed E-state index contributed by atoms with van der Waals surface area (Å²) in [6.45, 7) is 2.51. The number of nitrogens with zero attached hydrogens (tertiary/aromatic N) is 1. The van der Waals surface area contributed by atoms with Crippen LogP contribution in [-0.2, 0) is 21.2 Å². The molecule has 1 amide bonds. The highest BCUT2D eigenvalue weighted by Crippen LogP contribution is 2.44. The lowest BCUT2D eigenvalue weighted by Crippen LogP contribution is -2.32. The number of aryl methyl sites for hydroxylation is 1. The first-order valence-corrected chi connectivity index (χ1v) is 10.1. The minimum Gasteiger partial charge on any atom is -0.495 e. The number of methoxy groups -OCH3 is 1. The standard InChI is InChI=1S/C19H19FN2O4S/c1-11-15-10-14(8-12-4-3-7-22(18(12)15)19(11)23)21-27(24,25)17-9-13(20)5-6-16(17)26-2/h5-6,8-11,21H,3-4,7H2,1-2H3/t11-/m0/s1. The largest absolute Gasteiger partial charge is 0.495 e. The smallest absolute Gasteiger partial charge is 0.265 e. The molecule has 2 aromatic rings. The van der Waals surface area contributed by atoms with E-state index in [4.69, 9.17) is 4.74 Å². The van der Waals surface area contributed by atoms with Crippen LogP contribution in [0, 0.1) is 5.82 Å². The van der Waals surface area contributed by atoms with E-state index >= 15 is 0 Å². The van der Waals surface area contributed by atoms with Crippen LogP contribution >= 0.6 is 0 Å². The van der Waals surface area contributed by atoms with Gasteiger partial charge in [-0.2, -0.15) is 0 Å². The van der Waals surface area contributed by atoms with E-state index < -0.39 is 15.8 Å². The number of carbonyl (C=O) groups excluding carboxylic acids is 1. The van der Waals surface area contributed by atoms with Gasteiger partial charge in [0.15, 0.2) is 0 Å². The van der Waals surface area contributed by atoms with E-state index in [-0.39, 0.29) is 22.5 Å². The van der Waals surface area contributed by atoms with Crippen molar-refractivity contribution < 1.29 is 22.3 Å². The molecule has 0 saturated heterocycles. The Morgan fingerprint density at radius 3 is 2.78 bits per heavy atom. The van der Waals surface area contributed by atoms with E-state index in [1.807, 2.05) is 6.92 Å². The third-order valence-electron chi connectivity index (χ3n) is 5.09. The van der Waals surface area contributed by atoms with E-state index in [0.717, 1.165) is 41.8 Å². The van der Waals surface area contributed by atoms with Crippen molar-refractivity contribution in [2.45, 2.75) is 30.6 Å². The van der Waals surface area contributed by atoms with Gasteiger partial charge < -0.3 is 9.64 Å². The van der Waals surface area contributed by atoms with Gasteiger partial charge >= 0.3 is 0 Å². The number of ether oxygens (including phenoxy) is 1. The Morgan fingerprint density at radius 2 is 2.04 bits per heavy atom. The molecule has 0 bridgehead atoms. The highest BCUT2D eigenvalue weighted by molar-refractivity contribution is 7.92. The molecule has 0 unspecified atom stereocenters. The lowest BCUT2D eigenvalue weighted by Gasteiger charge is -2.26. The van der Waals surface area contributed by atoms with Crippen molar-refractivity contribution in [2.24, 2.45) is 0 Å². The van der Waals surface area contributed by atoms with Crippen molar-refractivity contribution in [1.82, 2.24) is 0 Å². The Morgan fingerprint density at radius 1 is 1.26 bits per heavy atom. The molecule has 8 heteroatoms. The lowest BCUT2D eigenvalue weighted by atomic mass is 9.96. The number of hydrogen-bond donors (Lipinski definition) is 1. The molecular formula is C19H19FN2O4S. The predicted molar refractivity (Wildman–Crippen MR) is 99.3 cm³/mol. The van der Waals surface area contributed by atoms with Crippen LogP contribution in [0.1, 0.15) is 30.4 Å². The monoisotopic (exact) mass is 390 g/mol. The van der Waals surface area contributed by atoms with E-state index in [9.17, 15) is 17.6 Å². The second-order valence-corrected chi connectivity index (χ2v) is 8.44. The average molecular weight is 390 g/mol. The molecule has 0 aliphatic carbocycles. The van der Waals surface area contributed by atoms with Gasteiger partial charge in [0.1, 0.15) is 16.5 Å². The molecule has 4 rings (SSSR count). The maximum Gasteiger partial charge on any atom is 0.265 e. The number of amides is 1. The van der Waals surface area contributed by atoms with Gasteiger partial charge in [0.25, 0.3) is 10.0 Å². The number of halogens is 1. The van der Waals surface area contributed by atoms with Crippen LogP contribution in [0.2, 0.25) is 0 Å². The Hall–Kier alpha value is -2.61. The number of rotatable bonds is 4. The summed E-state index contributed by atoms with van der Waals surface area (Å²) in [5, 5.41) is 0. The molecule has 1 atom stereocenters. The van der Waals surface area contributed by atoms with Crippen LogP contribution in [0.4, 0.5) is 15.8 Å². The van der Waals surface area contributed by atoms with E-state index in [0.29, 0.717) is 12.2 Å². The summed E-state index contributed by atoms with van der Waals surface area (Å²) in [5.41, 5.74) is 3.03. The molecule has 6 nitrogen and oxygen atoms in total. The van der Waals surface area contributed by atoms with Gasteiger partial charge in [-0.3, -0.25) is 9.52 Å². The molecule has 2 aliphatic heterocycles. The number of nitrogens with one attached hydrogen (secondary N) is 1. The molecule has 2 heterocycles. The summed E-state index contributed by atoms with van der Waals surface area (Å²) < 4.78 is 46.8. The quantitative estimate of drug-likeness (QED) is 0.871. The molecule has 0 fully saturated rings. The summed E-state index contributed by atoms with van der Waals surface area (Å²) >= 11 is 0. The van der Waals surface area contributed by atoms with Gasteiger partial charge in [0.05, 0.1) is 18.7 Å². The molecule has 142 valence electrons. The van der Waals surface area contributed by atoms with Crippen molar-refractivity contribution >= 4 is 27.3 Å². The van der Waals surface area contributed by atoms with Gasteiger partial charge in [-0.1, -0.05) is 0 Å². The van der Waals surface area contributed by atoms with Gasteiger partial charge in [-0.25, -0.2) is 12.8 Å². The van der Waals surface area contributed by atoms with Crippen LogP contribution in [0.3, 0.4) is 0 Å². The number of anilines is 2. The molecular weight excluding hydrogens is 371 g/mol. The Kier molecular flexibility index (Phi) is 4.10. The highest BCUT2D eigenvalue weighted by Gasteiger charge is 2.38. The SMILES string of the molecule is COc1ccc(F)cc1S(=O)(=O)Nc1cc2c3c(c1)[C@H](C)C(=O)N3CCC2. The zero-order valence-electron chi connectivity index (χ0n) is 15.0. The number of benzene rings is 2. The van der Waals surface area contributed by atoms with Crippen LogP contribution in [0.25, 0.3) is 0 Å². The lowest BCUT2D eigenvalue weighted by molar-refractivity contribution is -0.119. The van der Waals surface area contributed by atoms with Gasteiger partial charge in [0.2, 0.25) is 5.91 Å². The average Bonchev–Trinajstić information content (AvgIpc) is 2.88. The maximum atomic E-state index is 13.6. The van der Waals surface area contributed by atoms with Crippen molar-refractivity contribution in [1.29, 1.82) is 0 Å².